The van der Waals surface area contributed by atoms with E-state index >= 15 is 0 Å². The lowest BCUT2D eigenvalue weighted by Gasteiger charge is -2.35. The van der Waals surface area contributed by atoms with Crippen LogP contribution in [0.5, 0.6) is 5.75 Å². The zero-order chi connectivity index (χ0) is 24.3. The van der Waals surface area contributed by atoms with Crippen LogP contribution < -0.4 is 26.0 Å². The Balaban J connectivity index is 1.31. The SMILES string of the molecule is C[C@@H]1C[C@H](NC(=O)c2ccc3c(c2)NC(=O)[C@@H](C)O3)C[C@H](CCS(=O)(=O)CC2CCNCC2)N1. The van der Waals surface area contributed by atoms with E-state index in [1.165, 1.54) is 0 Å². The Bertz CT molecular complexity index is 1010. The minimum Gasteiger partial charge on any atom is -0.479 e. The number of piperidine rings is 2. The molecule has 3 heterocycles. The number of carbonyl (C=O) groups is 2. The summed E-state index contributed by atoms with van der Waals surface area (Å²) in [6.07, 6.45) is 3.27. The Labute approximate surface area is 201 Å². The van der Waals surface area contributed by atoms with Gasteiger partial charge < -0.3 is 26.0 Å². The summed E-state index contributed by atoms with van der Waals surface area (Å²) >= 11 is 0. The number of carbonyl (C=O) groups excluding carboxylic acids is 2. The van der Waals surface area contributed by atoms with E-state index in [9.17, 15) is 18.0 Å². The van der Waals surface area contributed by atoms with E-state index in [0.29, 0.717) is 29.8 Å². The van der Waals surface area contributed by atoms with Crippen molar-refractivity contribution in [3.05, 3.63) is 23.8 Å². The van der Waals surface area contributed by atoms with Gasteiger partial charge in [0, 0.05) is 23.7 Å². The fraction of sp³-hybridized carbons (Fsp3) is 0.667. The van der Waals surface area contributed by atoms with E-state index in [0.717, 1.165) is 32.4 Å². The summed E-state index contributed by atoms with van der Waals surface area (Å²) in [5.74, 6) is 0.790. The highest BCUT2D eigenvalue weighted by Gasteiger charge is 2.30. The normalized spacial score (nSPS) is 27.9. The van der Waals surface area contributed by atoms with Crippen molar-refractivity contribution in [2.24, 2.45) is 5.92 Å². The van der Waals surface area contributed by atoms with Crippen molar-refractivity contribution in [3.63, 3.8) is 0 Å². The van der Waals surface area contributed by atoms with E-state index in [1.807, 2.05) is 0 Å². The third kappa shape index (κ3) is 6.49. The summed E-state index contributed by atoms with van der Waals surface area (Å²) in [5, 5.41) is 12.6. The quantitative estimate of drug-likeness (QED) is 0.454. The van der Waals surface area contributed by atoms with Crippen molar-refractivity contribution in [1.82, 2.24) is 16.0 Å². The van der Waals surface area contributed by atoms with Crippen LogP contribution in [0.3, 0.4) is 0 Å². The molecule has 34 heavy (non-hydrogen) atoms. The number of nitrogens with one attached hydrogen (secondary N) is 4. The van der Waals surface area contributed by atoms with Gasteiger partial charge in [0.15, 0.2) is 15.9 Å². The molecule has 2 fully saturated rings. The maximum atomic E-state index is 12.9. The number of rotatable bonds is 7. The van der Waals surface area contributed by atoms with E-state index in [4.69, 9.17) is 4.74 Å². The molecule has 4 N–H and O–H groups in total. The van der Waals surface area contributed by atoms with Gasteiger partial charge in [-0.3, -0.25) is 9.59 Å². The second kappa shape index (κ2) is 10.6. The first-order valence-corrected chi connectivity index (χ1v) is 14.1. The van der Waals surface area contributed by atoms with Crippen LogP contribution >= 0.6 is 0 Å². The van der Waals surface area contributed by atoms with Crippen molar-refractivity contribution in [1.29, 1.82) is 0 Å². The zero-order valence-corrected chi connectivity index (χ0v) is 20.7. The van der Waals surface area contributed by atoms with Gasteiger partial charge in [-0.2, -0.15) is 0 Å². The maximum Gasteiger partial charge on any atom is 0.265 e. The summed E-state index contributed by atoms with van der Waals surface area (Å²) in [5.41, 5.74) is 0.941. The summed E-state index contributed by atoms with van der Waals surface area (Å²) in [4.78, 5) is 24.8. The summed E-state index contributed by atoms with van der Waals surface area (Å²) in [6, 6.07) is 5.17. The van der Waals surface area contributed by atoms with Crippen molar-refractivity contribution in [2.75, 3.05) is 29.9 Å². The predicted octanol–water partition coefficient (Wildman–Crippen LogP) is 1.45. The average molecular weight is 493 g/mol. The first-order chi connectivity index (χ1) is 16.2. The minimum atomic E-state index is -3.10. The molecule has 0 unspecified atom stereocenters. The molecule has 9 nitrogen and oxygen atoms in total. The number of benzene rings is 1. The number of sulfone groups is 1. The summed E-state index contributed by atoms with van der Waals surface area (Å²) in [6.45, 7) is 5.52. The molecule has 0 radical (unpaired) electrons. The topological polar surface area (TPSA) is 126 Å². The number of fused-ring (bicyclic) bond motifs is 1. The third-order valence-electron chi connectivity index (χ3n) is 6.96. The lowest BCUT2D eigenvalue weighted by molar-refractivity contribution is -0.122. The number of amides is 2. The van der Waals surface area contributed by atoms with E-state index < -0.39 is 15.9 Å². The van der Waals surface area contributed by atoms with Crippen LogP contribution in [0.4, 0.5) is 5.69 Å². The highest BCUT2D eigenvalue weighted by Crippen LogP contribution is 2.30. The van der Waals surface area contributed by atoms with Crippen molar-refractivity contribution in [3.8, 4) is 5.75 Å². The van der Waals surface area contributed by atoms with Gasteiger partial charge in [-0.15, -0.1) is 0 Å². The molecular weight excluding hydrogens is 456 g/mol. The molecule has 3 aliphatic rings. The van der Waals surface area contributed by atoms with E-state index in [2.05, 4.69) is 28.2 Å². The highest BCUT2D eigenvalue weighted by atomic mass is 32.2. The van der Waals surface area contributed by atoms with Gasteiger partial charge in [0.1, 0.15) is 5.75 Å². The molecule has 0 bridgehead atoms. The first-order valence-electron chi connectivity index (χ1n) is 12.3. The molecule has 0 aliphatic carbocycles. The Morgan fingerprint density at radius 3 is 2.71 bits per heavy atom. The van der Waals surface area contributed by atoms with Crippen LogP contribution in [0.1, 0.15) is 56.3 Å². The van der Waals surface area contributed by atoms with E-state index in [1.54, 1.807) is 25.1 Å². The second-order valence-corrected chi connectivity index (χ2v) is 12.2. The van der Waals surface area contributed by atoms with Crippen LogP contribution in [0.15, 0.2) is 18.2 Å². The van der Waals surface area contributed by atoms with Gasteiger partial charge in [-0.05, 0) is 83.2 Å². The summed E-state index contributed by atoms with van der Waals surface area (Å²) in [7, 11) is -3.10. The average Bonchev–Trinajstić information content (AvgIpc) is 2.78. The molecule has 10 heteroatoms. The molecule has 1 aromatic rings. The van der Waals surface area contributed by atoms with Crippen LogP contribution in [-0.2, 0) is 14.6 Å². The van der Waals surface area contributed by atoms with Gasteiger partial charge in [0.2, 0.25) is 0 Å². The van der Waals surface area contributed by atoms with Crippen molar-refractivity contribution in [2.45, 2.75) is 70.2 Å². The molecule has 0 spiro atoms. The molecule has 0 saturated carbocycles. The lowest BCUT2D eigenvalue weighted by Crippen LogP contribution is -2.52. The molecular formula is C24H36N4O5S. The largest absolute Gasteiger partial charge is 0.479 e. The smallest absolute Gasteiger partial charge is 0.265 e. The van der Waals surface area contributed by atoms with Gasteiger partial charge in [-0.1, -0.05) is 0 Å². The molecule has 188 valence electrons. The molecule has 4 rings (SSSR count). The van der Waals surface area contributed by atoms with Crippen LogP contribution in [0.2, 0.25) is 0 Å². The van der Waals surface area contributed by atoms with Gasteiger partial charge in [0.05, 0.1) is 17.2 Å². The number of anilines is 1. The minimum absolute atomic E-state index is 0.0366. The first kappa shape index (κ1) is 24.9. The standard InChI is InChI=1S/C24H36N4O5S/c1-15-11-20(13-19(26-15)7-10-34(31,32)14-17-5-8-25-9-6-17)27-24(30)18-3-4-22-21(12-18)28-23(29)16(2)33-22/h3-4,12,15-17,19-20,25-26H,5-11,13-14H2,1-2H3,(H,27,30)(H,28,29)/t15-,16-,19+,20+/m1/s1. The monoisotopic (exact) mass is 492 g/mol. The maximum absolute atomic E-state index is 12.9. The molecule has 2 saturated heterocycles. The Hall–Kier alpha value is -2.17. The number of ether oxygens (including phenoxy) is 1. The van der Waals surface area contributed by atoms with Crippen molar-refractivity contribution < 1.29 is 22.7 Å². The fourth-order valence-electron chi connectivity index (χ4n) is 5.16. The Morgan fingerprint density at radius 1 is 1.18 bits per heavy atom. The fourth-order valence-corrected chi connectivity index (χ4v) is 7.02. The van der Waals surface area contributed by atoms with E-state index in [-0.39, 0.29) is 47.4 Å². The number of hydrogen-bond acceptors (Lipinski definition) is 7. The molecule has 1 aromatic carbocycles. The molecule has 4 atom stereocenters. The second-order valence-electron chi connectivity index (χ2n) is 9.96. The van der Waals surface area contributed by atoms with Gasteiger partial charge >= 0.3 is 0 Å². The lowest BCUT2D eigenvalue weighted by atomic mass is 9.93. The zero-order valence-electron chi connectivity index (χ0n) is 19.9. The molecule has 3 aliphatic heterocycles. The molecule has 2 amide bonds. The van der Waals surface area contributed by atoms with Crippen LogP contribution in [0, 0.1) is 5.92 Å². The van der Waals surface area contributed by atoms with Crippen molar-refractivity contribution >= 4 is 27.3 Å². The Morgan fingerprint density at radius 2 is 1.94 bits per heavy atom. The number of hydrogen-bond donors (Lipinski definition) is 4. The highest BCUT2D eigenvalue weighted by molar-refractivity contribution is 7.91. The Kier molecular flexibility index (Phi) is 7.79. The third-order valence-corrected chi connectivity index (χ3v) is 8.80. The van der Waals surface area contributed by atoms with Gasteiger partial charge in [0.25, 0.3) is 11.8 Å². The van der Waals surface area contributed by atoms with Gasteiger partial charge in [-0.25, -0.2) is 8.42 Å². The molecule has 0 aromatic heterocycles. The summed E-state index contributed by atoms with van der Waals surface area (Å²) < 4.78 is 30.9. The van der Waals surface area contributed by atoms with Crippen LogP contribution in [-0.4, -0.2) is 69.1 Å². The van der Waals surface area contributed by atoms with Crippen LogP contribution in [0.25, 0.3) is 0 Å². The predicted molar refractivity (Wildman–Crippen MR) is 131 cm³/mol.